The summed E-state index contributed by atoms with van der Waals surface area (Å²) in [6.45, 7) is 4.26. The van der Waals surface area contributed by atoms with Gasteiger partial charge in [-0.1, -0.05) is 38.1 Å². The second-order valence-corrected chi connectivity index (χ2v) is 4.37. The SMILES string of the molecule is CCC(C)c1ccc(C(=O)CC(C#N)C#N)cc1. The molecule has 0 radical (unpaired) electrons. The van der Waals surface area contributed by atoms with E-state index in [4.69, 9.17) is 10.5 Å². The number of hydrogen-bond acceptors (Lipinski definition) is 3. The van der Waals surface area contributed by atoms with E-state index in [9.17, 15) is 4.79 Å². The van der Waals surface area contributed by atoms with Gasteiger partial charge in [0, 0.05) is 12.0 Å². The first-order valence-corrected chi connectivity index (χ1v) is 6.04. The maximum atomic E-state index is 11.8. The fraction of sp³-hybridized carbons (Fsp3) is 0.400. The molecule has 1 aromatic rings. The molecule has 92 valence electrons. The summed E-state index contributed by atoms with van der Waals surface area (Å²) in [6.07, 6.45) is 1.02. The second kappa shape index (κ2) is 6.57. The first-order valence-electron chi connectivity index (χ1n) is 6.04. The van der Waals surface area contributed by atoms with E-state index in [0.717, 1.165) is 6.42 Å². The number of nitriles is 2. The van der Waals surface area contributed by atoms with Gasteiger partial charge in [-0.25, -0.2) is 0 Å². The first kappa shape index (κ1) is 13.9. The highest BCUT2D eigenvalue weighted by Crippen LogP contribution is 2.19. The third kappa shape index (κ3) is 3.43. The molecule has 0 aliphatic rings. The van der Waals surface area contributed by atoms with Gasteiger partial charge in [-0.3, -0.25) is 4.79 Å². The lowest BCUT2D eigenvalue weighted by Crippen LogP contribution is -2.06. The largest absolute Gasteiger partial charge is 0.294 e. The number of carbonyl (C=O) groups is 1. The van der Waals surface area contributed by atoms with Gasteiger partial charge in [0.2, 0.25) is 0 Å². The molecule has 0 bridgehead atoms. The molecule has 1 unspecified atom stereocenters. The van der Waals surface area contributed by atoms with Gasteiger partial charge in [0.25, 0.3) is 0 Å². The summed E-state index contributed by atoms with van der Waals surface area (Å²) in [5.74, 6) is -0.536. The molecule has 0 saturated carbocycles. The van der Waals surface area contributed by atoms with E-state index < -0.39 is 5.92 Å². The van der Waals surface area contributed by atoms with Gasteiger partial charge in [-0.15, -0.1) is 0 Å². The zero-order chi connectivity index (χ0) is 13.5. The van der Waals surface area contributed by atoms with Gasteiger partial charge < -0.3 is 0 Å². The van der Waals surface area contributed by atoms with Crippen LogP contribution >= 0.6 is 0 Å². The van der Waals surface area contributed by atoms with E-state index in [0.29, 0.717) is 11.5 Å². The molecule has 18 heavy (non-hydrogen) atoms. The summed E-state index contributed by atoms with van der Waals surface area (Å²) in [7, 11) is 0. The van der Waals surface area contributed by atoms with Gasteiger partial charge in [-0.05, 0) is 17.9 Å². The van der Waals surface area contributed by atoms with Crippen LogP contribution in [0.2, 0.25) is 0 Å². The highest BCUT2D eigenvalue weighted by atomic mass is 16.1. The van der Waals surface area contributed by atoms with Crippen molar-refractivity contribution in [3.8, 4) is 12.1 Å². The summed E-state index contributed by atoms with van der Waals surface area (Å²) in [6, 6.07) is 11.0. The highest BCUT2D eigenvalue weighted by Gasteiger charge is 2.14. The lowest BCUT2D eigenvalue weighted by atomic mass is 9.95. The van der Waals surface area contributed by atoms with E-state index in [-0.39, 0.29) is 12.2 Å². The van der Waals surface area contributed by atoms with Crippen LogP contribution < -0.4 is 0 Å². The monoisotopic (exact) mass is 240 g/mol. The average molecular weight is 240 g/mol. The minimum Gasteiger partial charge on any atom is -0.294 e. The molecule has 0 aliphatic carbocycles. The standard InChI is InChI=1S/C15H16N2O/c1-3-11(2)13-4-6-14(7-5-13)15(18)8-12(9-16)10-17/h4-7,11-12H,3,8H2,1-2H3. The molecular formula is C15H16N2O. The van der Waals surface area contributed by atoms with Crippen molar-refractivity contribution in [1.82, 2.24) is 0 Å². The minimum atomic E-state index is -0.855. The minimum absolute atomic E-state index is 0.0321. The molecule has 0 heterocycles. The Morgan fingerprint density at radius 2 is 1.78 bits per heavy atom. The van der Waals surface area contributed by atoms with Gasteiger partial charge >= 0.3 is 0 Å². The fourth-order valence-electron chi connectivity index (χ4n) is 1.66. The molecule has 0 N–H and O–H groups in total. The lowest BCUT2D eigenvalue weighted by molar-refractivity contribution is 0.0976. The number of hydrogen-bond donors (Lipinski definition) is 0. The predicted octanol–water partition coefficient (Wildman–Crippen LogP) is 3.44. The Hall–Kier alpha value is -2.13. The Morgan fingerprint density at radius 3 is 2.22 bits per heavy atom. The molecule has 0 amide bonds. The van der Waals surface area contributed by atoms with Crippen LogP contribution in [0.3, 0.4) is 0 Å². The third-order valence-electron chi connectivity index (χ3n) is 3.12. The Balaban J connectivity index is 2.77. The Bertz CT molecular complexity index is 477. The van der Waals surface area contributed by atoms with Gasteiger partial charge in [-0.2, -0.15) is 10.5 Å². The smallest absolute Gasteiger partial charge is 0.165 e. The van der Waals surface area contributed by atoms with Crippen molar-refractivity contribution in [2.75, 3.05) is 0 Å². The van der Waals surface area contributed by atoms with Crippen LogP contribution in [-0.2, 0) is 0 Å². The van der Waals surface area contributed by atoms with Crippen LogP contribution in [0.1, 0.15) is 48.5 Å². The zero-order valence-corrected chi connectivity index (χ0v) is 10.7. The summed E-state index contributed by atoms with van der Waals surface area (Å²) in [5, 5.41) is 17.3. The van der Waals surface area contributed by atoms with E-state index in [1.165, 1.54) is 5.56 Å². The van der Waals surface area contributed by atoms with Crippen LogP contribution in [-0.4, -0.2) is 5.78 Å². The molecule has 1 aromatic carbocycles. The topological polar surface area (TPSA) is 64.7 Å². The summed E-state index contributed by atoms with van der Waals surface area (Å²) in [5.41, 5.74) is 1.77. The molecule has 3 nitrogen and oxygen atoms in total. The lowest BCUT2D eigenvalue weighted by Gasteiger charge is -2.09. The molecule has 0 aromatic heterocycles. The van der Waals surface area contributed by atoms with Crippen LogP contribution in [0.5, 0.6) is 0 Å². The van der Waals surface area contributed by atoms with Crippen molar-refractivity contribution in [3.05, 3.63) is 35.4 Å². The molecule has 0 aliphatic heterocycles. The van der Waals surface area contributed by atoms with Crippen molar-refractivity contribution in [3.63, 3.8) is 0 Å². The second-order valence-electron chi connectivity index (χ2n) is 4.37. The number of ketones is 1. The normalized spacial score (nSPS) is 11.6. The maximum absolute atomic E-state index is 11.8. The molecule has 0 saturated heterocycles. The number of benzene rings is 1. The van der Waals surface area contributed by atoms with Crippen LogP contribution in [0.15, 0.2) is 24.3 Å². The molecule has 0 fully saturated rings. The van der Waals surface area contributed by atoms with Crippen LogP contribution in [0.4, 0.5) is 0 Å². The Labute approximate surface area is 108 Å². The third-order valence-corrected chi connectivity index (χ3v) is 3.12. The van der Waals surface area contributed by atoms with Crippen molar-refractivity contribution >= 4 is 5.78 Å². The van der Waals surface area contributed by atoms with Crippen LogP contribution in [0, 0.1) is 28.6 Å². The maximum Gasteiger partial charge on any atom is 0.165 e. The average Bonchev–Trinajstić information content (AvgIpc) is 2.43. The number of Topliss-reactive ketones (excluding diaryl/α,β-unsaturated/α-hetero) is 1. The summed E-state index contributed by atoms with van der Waals surface area (Å²) in [4.78, 5) is 11.8. The van der Waals surface area contributed by atoms with Crippen molar-refractivity contribution < 1.29 is 4.79 Å². The molecule has 1 atom stereocenters. The van der Waals surface area contributed by atoms with Gasteiger partial charge in [0.15, 0.2) is 5.78 Å². The fourth-order valence-corrected chi connectivity index (χ4v) is 1.66. The Morgan fingerprint density at radius 1 is 1.22 bits per heavy atom. The van der Waals surface area contributed by atoms with Crippen molar-refractivity contribution in [2.45, 2.75) is 32.6 Å². The Kier molecular flexibility index (Phi) is 5.08. The van der Waals surface area contributed by atoms with Crippen molar-refractivity contribution in [2.24, 2.45) is 5.92 Å². The number of carbonyl (C=O) groups excluding carboxylic acids is 1. The van der Waals surface area contributed by atoms with E-state index in [1.54, 1.807) is 12.1 Å². The molecule has 1 rings (SSSR count). The number of rotatable bonds is 5. The highest BCUT2D eigenvalue weighted by molar-refractivity contribution is 5.96. The molecule has 0 spiro atoms. The quantitative estimate of drug-likeness (QED) is 0.740. The van der Waals surface area contributed by atoms with Crippen molar-refractivity contribution in [1.29, 1.82) is 10.5 Å². The van der Waals surface area contributed by atoms with E-state index in [2.05, 4.69) is 13.8 Å². The van der Waals surface area contributed by atoms with Crippen LogP contribution in [0.25, 0.3) is 0 Å². The van der Waals surface area contributed by atoms with E-state index >= 15 is 0 Å². The molecular weight excluding hydrogens is 224 g/mol. The van der Waals surface area contributed by atoms with Gasteiger partial charge in [0.1, 0.15) is 5.92 Å². The summed E-state index contributed by atoms with van der Waals surface area (Å²) >= 11 is 0. The molecule has 3 heteroatoms. The zero-order valence-electron chi connectivity index (χ0n) is 10.7. The predicted molar refractivity (Wildman–Crippen MR) is 68.8 cm³/mol. The summed E-state index contributed by atoms with van der Waals surface area (Å²) < 4.78 is 0. The number of nitrogens with zero attached hydrogens (tertiary/aromatic N) is 2. The van der Waals surface area contributed by atoms with E-state index in [1.807, 2.05) is 24.3 Å². The first-order chi connectivity index (χ1) is 8.62. The van der Waals surface area contributed by atoms with Gasteiger partial charge in [0.05, 0.1) is 12.1 Å².